The highest BCUT2D eigenvalue weighted by Crippen LogP contribution is 2.29. The molecule has 0 saturated heterocycles. The molecule has 0 aromatic heterocycles. The second-order valence-electron chi connectivity index (χ2n) is 2.85. The molecule has 1 rings (SSSR count). The molecule has 1 aromatic carbocycles. The highest BCUT2D eigenvalue weighted by atomic mass is 79.9. The van der Waals surface area contributed by atoms with Crippen LogP contribution in [0.15, 0.2) is 22.7 Å². The van der Waals surface area contributed by atoms with Gasteiger partial charge in [-0.3, -0.25) is 0 Å². The third kappa shape index (κ3) is 2.90. The Bertz CT molecular complexity index is 386. The molecule has 0 radical (unpaired) electrons. The van der Waals surface area contributed by atoms with Crippen molar-refractivity contribution in [2.45, 2.75) is 12.3 Å². The minimum atomic E-state index is -2.39. The molecular formula is C9H7BrClFO3. The molecule has 2 N–H and O–H groups in total. The van der Waals surface area contributed by atoms with Crippen LogP contribution in [-0.4, -0.2) is 22.4 Å². The van der Waals surface area contributed by atoms with Crippen molar-refractivity contribution in [3.63, 3.8) is 0 Å². The number of aliphatic hydroxyl groups is 1. The maximum Gasteiger partial charge on any atom is 0.341 e. The molecule has 0 aliphatic heterocycles. The van der Waals surface area contributed by atoms with Crippen LogP contribution in [0.1, 0.15) is 11.7 Å². The lowest BCUT2D eigenvalue weighted by molar-refractivity contribution is -0.147. The van der Waals surface area contributed by atoms with Gasteiger partial charge in [-0.25, -0.2) is 9.18 Å². The van der Waals surface area contributed by atoms with E-state index in [-0.39, 0.29) is 10.6 Å². The SMILES string of the molecule is O=C(O)C(F)C(O)c1cc(Br)ccc1Cl. The van der Waals surface area contributed by atoms with Crippen molar-refractivity contribution < 1.29 is 19.4 Å². The van der Waals surface area contributed by atoms with E-state index in [1.54, 1.807) is 6.07 Å². The molecule has 2 unspecified atom stereocenters. The minimum absolute atomic E-state index is 0.0425. The summed E-state index contributed by atoms with van der Waals surface area (Å²) in [4.78, 5) is 10.3. The van der Waals surface area contributed by atoms with Crippen molar-refractivity contribution >= 4 is 33.5 Å². The van der Waals surface area contributed by atoms with Crippen molar-refractivity contribution in [2.24, 2.45) is 0 Å². The summed E-state index contributed by atoms with van der Waals surface area (Å²) in [6.07, 6.45) is -4.16. The summed E-state index contributed by atoms with van der Waals surface area (Å²) >= 11 is 8.81. The predicted molar refractivity (Wildman–Crippen MR) is 56.6 cm³/mol. The van der Waals surface area contributed by atoms with Gasteiger partial charge in [0.15, 0.2) is 0 Å². The van der Waals surface area contributed by atoms with Crippen LogP contribution in [-0.2, 0) is 4.79 Å². The normalized spacial score (nSPS) is 14.7. The molecule has 15 heavy (non-hydrogen) atoms. The highest BCUT2D eigenvalue weighted by molar-refractivity contribution is 9.10. The van der Waals surface area contributed by atoms with Gasteiger partial charge in [-0.05, 0) is 18.2 Å². The summed E-state index contributed by atoms with van der Waals surface area (Å²) in [5.74, 6) is -1.72. The van der Waals surface area contributed by atoms with Crippen LogP contribution in [0.5, 0.6) is 0 Å². The van der Waals surface area contributed by atoms with Crippen molar-refractivity contribution in [1.82, 2.24) is 0 Å². The van der Waals surface area contributed by atoms with E-state index in [4.69, 9.17) is 16.7 Å². The monoisotopic (exact) mass is 296 g/mol. The summed E-state index contributed by atoms with van der Waals surface area (Å²) in [6.45, 7) is 0. The Balaban J connectivity index is 3.04. The lowest BCUT2D eigenvalue weighted by Gasteiger charge is -2.14. The molecule has 0 heterocycles. The van der Waals surface area contributed by atoms with E-state index in [1.807, 2.05) is 0 Å². The first kappa shape index (κ1) is 12.4. The average Bonchev–Trinajstić information content (AvgIpc) is 2.19. The second kappa shape index (κ2) is 4.92. The zero-order valence-corrected chi connectivity index (χ0v) is 9.67. The van der Waals surface area contributed by atoms with E-state index in [1.165, 1.54) is 12.1 Å². The van der Waals surface area contributed by atoms with E-state index in [2.05, 4.69) is 15.9 Å². The number of hydrogen-bond acceptors (Lipinski definition) is 2. The van der Waals surface area contributed by atoms with Crippen LogP contribution in [0.4, 0.5) is 4.39 Å². The van der Waals surface area contributed by atoms with Crippen LogP contribution in [0, 0.1) is 0 Å². The van der Waals surface area contributed by atoms with Gasteiger partial charge in [0.25, 0.3) is 0 Å². The number of aliphatic hydroxyl groups excluding tert-OH is 1. The topological polar surface area (TPSA) is 57.5 Å². The standard InChI is InChI=1S/C9H7BrClFO3/c10-4-1-2-6(11)5(3-4)8(13)7(12)9(14)15/h1-3,7-8,13H,(H,14,15). The molecule has 1 aromatic rings. The van der Waals surface area contributed by atoms with Gasteiger partial charge in [0.1, 0.15) is 6.10 Å². The van der Waals surface area contributed by atoms with Crippen LogP contribution in [0.2, 0.25) is 5.02 Å². The first-order chi connectivity index (χ1) is 6.93. The number of carboxylic acids is 1. The Morgan fingerprint density at radius 2 is 2.13 bits per heavy atom. The van der Waals surface area contributed by atoms with Gasteiger partial charge in [0.2, 0.25) is 6.17 Å². The van der Waals surface area contributed by atoms with Crippen LogP contribution < -0.4 is 0 Å². The van der Waals surface area contributed by atoms with Crippen LogP contribution >= 0.6 is 27.5 Å². The second-order valence-corrected chi connectivity index (χ2v) is 4.17. The average molecular weight is 298 g/mol. The van der Waals surface area contributed by atoms with E-state index >= 15 is 0 Å². The van der Waals surface area contributed by atoms with Gasteiger partial charge in [-0.15, -0.1) is 0 Å². The first-order valence-corrected chi connectivity index (χ1v) is 5.10. The highest BCUT2D eigenvalue weighted by Gasteiger charge is 2.28. The number of alkyl halides is 1. The number of carbonyl (C=O) groups is 1. The maximum atomic E-state index is 13.0. The Hall–Kier alpha value is -0.650. The molecule has 0 fully saturated rings. The van der Waals surface area contributed by atoms with Crippen LogP contribution in [0.3, 0.4) is 0 Å². The number of rotatable bonds is 3. The van der Waals surface area contributed by atoms with Gasteiger partial charge < -0.3 is 10.2 Å². The number of halogens is 3. The largest absolute Gasteiger partial charge is 0.479 e. The summed E-state index contributed by atoms with van der Waals surface area (Å²) < 4.78 is 13.6. The Labute approximate surface area is 98.6 Å². The molecule has 0 spiro atoms. The minimum Gasteiger partial charge on any atom is -0.479 e. The molecule has 0 bridgehead atoms. The van der Waals surface area contributed by atoms with Gasteiger partial charge in [-0.1, -0.05) is 27.5 Å². The number of carboxylic acid groups (broad SMARTS) is 1. The molecule has 0 aliphatic carbocycles. The van der Waals surface area contributed by atoms with Crippen molar-refractivity contribution in [3.8, 4) is 0 Å². The Morgan fingerprint density at radius 1 is 1.53 bits per heavy atom. The molecule has 0 saturated carbocycles. The lowest BCUT2D eigenvalue weighted by atomic mass is 10.1. The maximum absolute atomic E-state index is 13.0. The molecule has 0 aliphatic rings. The third-order valence-electron chi connectivity index (χ3n) is 1.79. The fraction of sp³-hybridized carbons (Fsp3) is 0.222. The van der Waals surface area contributed by atoms with Crippen molar-refractivity contribution in [3.05, 3.63) is 33.3 Å². The number of benzene rings is 1. The van der Waals surface area contributed by atoms with E-state index in [9.17, 15) is 14.3 Å². The molecule has 82 valence electrons. The number of aliphatic carboxylic acids is 1. The van der Waals surface area contributed by atoms with Crippen LogP contribution in [0.25, 0.3) is 0 Å². The fourth-order valence-electron chi connectivity index (χ4n) is 1.03. The molecule has 6 heteroatoms. The zero-order valence-electron chi connectivity index (χ0n) is 7.32. The van der Waals surface area contributed by atoms with E-state index < -0.39 is 18.2 Å². The zero-order chi connectivity index (χ0) is 11.6. The van der Waals surface area contributed by atoms with E-state index in [0.717, 1.165) is 0 Å². The Kier molecular flexibility index (Phi) is 4.07. The molecule has 2 atom stereocenters. The Morgan fingerprint density at radius 3 is 2.67 bits per heavy atom. The quantitative estimate of drug-likeness (QED) is 0.901. The summed E-state index contributed by atoms with van der Waals surface area (Å²) in [5.41, 5.74) is 0.0425. The summed E-state index contributed by atoms with van der Waals surface area (Å²) in [7, 11) is 0. The van der Waals surface area contributed by atoms with Crippen molar-refractivity contribution in [1.29, 1.82) is 0 Å². The van der Waals surface area contributed by atoms with Crippen molar-refractivity contribution in [2.75, 3.05) is 0 Å². The molecular weight excluding hydrogens is 290 g/mol. The van der Waals surface area contributed by atoms with Gasteiger partial charge in [-0.2, -0.15) is 0 Å². The smallest absolute Gasteiger partial charge is 0.341 e. The van der Waals surface area contributed by atoms with Gasteiger partial charge >= 0.3 is 5.97 Å². The van der Waals surface area contributed by atoms with Gasteiger partial charge in [0, 0.05) is 15.1 Å². The third-order valence-corrected chi connectivity index (χ3v) is 2.63. The first-order valence-electron chi connectivity index (χ1n) is 3.93. The molecule has 3 nitrogen and oxygen atoms in total. The lowest BCUT2D eigenvalue weighted by Crippen LogP contribution is -2.23. The predicted octanol–water partition coefficient (Wildman–Crippen LogP) is 2.56. The molecule has 0 amide bonds. The van der Waals surface area contributed by atoms with E-state index in [0.29, 0.717) is 4.47 Å². The summed E-state index contributed by atoms with van der Waals surface area (Å²) in [6, 6.07) is 4.42. The fourth-order valence-corrected chi connectivity index (χ4v) is 1.64. The summed E-state index contributed by atoms with van der Waals surface area (Å²) in [5, 5.41) is 17.9. The van der Waals surface area contributed by atoms with Gasteiger partial charge in [0.05, 0.1) is 0 Å². The number of hydrogen-bond donors (Lipinski definition) is 2.